The van der Waals surface area contributed by atoms with Crippen molar-refractivity contribution in [1.82, 2.24) is 19.8 Å². The summed E-state index contributed by atoms with van der Waals surface area (Å²) < 4.78 is 7.13. The first-order chi connectivity index (χ1) is 12.0. The lowest BCUT2D eigenvalue weighted by Crippen LogP contribution is -2.12. The van der Waals surface area contributed by atoms with Crippen molar-refractivity contribution >= 4 is 27.9 Å². The molecule has 0 fully saturated rings. The smallest absolute Gasteiger partial charge is 0.259 e. The summed E-state index contributed by atoms with van der Waals surface area (Å²) in [7, 11) is 0. The number of hydrogen-bond acceptors (Lipinski definition) is 6. The summed E-state index contributed by atoms with van der Waals surface area (Å²) in [6.45, 7) is 5.45. The van der Waals surface area contributed by atoms with Crippen molar-refractivity contribution in [3.8, 4) is 10.6 Å². The third-order valence-corrected chi connectivity index (χ3v) is 4.75. The van der Waals surface area contributed by atoms with E-state index in [4.69, 9.17) is 4.42 Å². The summed E-state index contributed by atoms with van der Waals surface area (Å²) in [6, 6.07) is 9.30. The highest BCUT2D eigenvalue weighted by Gasteiger charge is 2.15. The van der Waals surface area contributed by atoms with Gasteiger partial charge in [-0.15, -0.1) is 10.2 Å². The predicted molar refractivity (Wildman–Crippen MR) is 95.0 cm³/mol. The molecule has 3 heterocycles. The van der Waals surface area contributed by atoms with Gasteiger partial charge in [0.05, 0.1) is 5.56 Å². The number of furan rings is 1. The van der Waals surface area contributed by atoms with E-state index in [0.29, 0.717) is 22.8 Å². The lowest BCUT2D eigenvalue weighted by Gasteiger charge is -2.05. The van der Waals surface area contributed by atoms with Crippen molar-refractivity contribution < 1.29 is 9.21 Å². The normalized spacial score (nSPS) is 11.2. The number of carbonyl (C=O) groups is 1. The van der Waals surface area contributed by atoms with Crippen LogP contribution in [0.4, 0.5) is 5.69 Å². The Hall–Kier alpha value is -3.00. The summed E-state index contributed by atoms with van der Waals surface area (Å²) >= 11 is 1.45. The second kappa shape index (κ2) is 5.82. The Morgan fingerprint density at radius 3 is 2.76 bits per heavy atom. The lowest BCUT2D eigenvalue weighted by atomic mass is 10.2. The van der Waals surface area contributed by atoms with Crippen molar-refractivity contribution in [2.45, 2.75) is 20.8 Å². The second-order valence-corrected chi connectivity index (χ2v) is 6.67. The van der Waals surface area contributed by atoms with Gasteiger partial charge in [-0.3, -0.25) is 4.79 Å². The van der Waals surface area contributed by atoms with Gasteiger partial charge in [0.1, 0.15) is 16.5 Å². The molecule has 4 rings (SSSR count). The van der Waals surface area contributed by atoms with Crippen LogP contribution in [0.1, 0.15) is 27.7 Å². The van der Waals surface area contributed by atoms with Crippen molar-refractivity contribution in [2.24, 2.45) is 0 Å². The highest BCUT2D eigenvalue weighted by Crippen LogP contribution is 2.27. The minimum absolute atomic E-state index is 0.194. The molecule has 0 aliphatic rings. The molecule has 7 nitrogen and oxygen atoms in total. The molecule has 0 bridgehead atoms. The van der Waals surface area contributed by atoms with Crippen LogP contribution < -0.4 is 5.32 Å². The molecule has 126 valence electrons. The van der Waals surface area contributed by atoms with Crippen molar-refractivity contribution in [2.75, 3.05) is 5.32 Å². The van der Waals surface area contributed by atoms with E-state index in [9.17, 15) is 4.79 Å². The van der Waals surface area contributed by atoms with Gasteiger partial charge in [0.15, 0.2) is 5.82 Å². The molecule has 0 saturated carbocycles. The number of fused-ring (bicyclic) bond motifs is 1. The second-order valence-electron chi connectivity index (χ2n) is 5.71. The number of anilines is 1. The summed E-state index contributed by atoms with van der Waals surface area (Å²) in [4.78, 5) is 13.2. The maximum atomic E-state index is 12.4. The number of carbonyl (C=O) groups excluding carboxylic acids is 1. The number of nitrogens with zero attached hydrogens (tertiary/aromatic N) is 4. The van der Waals surface area contributed by atoms with Crippen molar-refractivity contribution in [3.05, 3.63) is 53.2 Å². The van der Waals surface area contributed by atoms with Gasteiger partial charge in [0.2, 0.25) is 4.96 Å². The van der Waals surface area contributed by atoms with E-state index in [1.54, 1.807) is 17.5 Å². The molecule has 0 spiro atoms. The van der Waals surface area contributed by atoms with Crippen LogP contribution in [-0.4, -0.2) is 25.7 Å². The number of rotatable bonds is 3. The Labute approximate surface area is 147 Å². The topological polar surface area (TPSA) is 85.3 Å². The fraction of sp³-hybridized carbons (Fsp3) is 0.176. The predicted octanol–water partition coefficient (Wildman–Crippen LogP) is 3.62. The molecule has 3 aromatic heterocycles. The van der Waals surface area contributed by atoms with Crippen LogP contribution in [0.3, 0.4) is 0 Å². The number of aryl methyl sites for hydroxylation is 3. The molecular weight excluding hydrogens is 338 g/mol. The molecule has 0 radical (unpaired) electrons. The van der Waals surface area contributed by atoms with Crippen molar-refractivity contribution in [1.29, 1.82) is 0 Å². The molecule has 8 heteroatoms. The van der Waals surface area contributed by atoms with Crippen LogP contribution >= 0.6 is 11.3 Å². The molecule has 0 aliphatic carbocycles. The maximum Gasteiger partial charge on any atom is 0.259 e. The van der Waals surface area contributed by atoms with Gasteiger partial charge in [0, 0.05) is 11.3 Å². The van der Waals surface area contributed by atoms with Gasteiger partial charge in [-0.2, -0.15) is 9.61 Å². The SMILES string of the molecule is Cc1cc(C(=O)Nc2cccc(-c3nn4c(C)nnc4s3)c2)c(C)o1. The van der Waals surface area contributed by atoms with E-state index < -0.39 is 0 Å². The molecule has 25 heavy (non-hydrogen) atoms. The number of hydrogen-bond donors (Lipinski definition) is 1. The number of aromatic nitrogens is 4. The number of amides is 1. The Balaban J connectivity index is 1.63. The zero-order chi connectivity index (χ0) is 17.6. The molecule has 0 atom stereocenters. The Kier molecular flexibility index (Phi) is 3.61. The fourth-order valence-corrected chi connectivity index (χ4v) is 3.50. The molecule has 1 aromatic carbocycles. The van der Waals surface area contributed by atoms with Crippen LogP contribution in [0.25, 0.3) is 15.5 Å². The third-order valence-electron chi connectivity index (χ3n) is 3.80. The van der Waals surface area contributed by atoms with Gasteiger partial charge in [-0.1, -0.05) is 23.5 Å². The highest BCUT2D eigenvalue weighted by atomic mass is 32.1. The van der Waals surface area contributed by atoms with E-state index in [1.807, 2.05) is 38.1 Å². The fourth-order valence-electron chi connectivity index (χ4n) is 2.62. The molecule has 1 N–H and O–H groups in total. The first-order valence-corrected chi connectivity index (χ1v) is 8.50. The minimum atomic E-state index is -0.194. The largest absolute Gasteiger partial charge is 0.466 e. The zero-order valence-electron chi connectivity index (χ0n) is 13.9. The van der Waals surface area contributed by atoms with Gasteiger partial charge in [-0.05, 0) is 39.0 Å². The lowest BCUT2D eigenvalue weighted by molar-refractivity contribution is 0.102. The molecule has 4 aromatic rings. The molecule has 0 unspecified atom stereocenters. The van der Waals surface area contributed by atoms with Gasteiger partial charge >= 0.3 is 0 Å². The van der Waals surface area contributed by atoms with Crippen molar-refractivity contribution in [3.63, 3.8) is 0 Å². The average Bonchev–Trinajstić information content (AvgIpc) is 3.24. The number of nitrogens with one attached hydrogen (secondary N) is 1. The van der Waals surface area contributed by atoms with E-state index in [2.05, 4.69) is 20.6 Å². The molecule has 1 amide bonds. The highest BCUT2D eigenvalue weighted by molar-refractivity contribution is 7.19. The minimum Gasteiger partial charge on any atom is -0.466 e. The summed E-state index contributed by atoms with van der Waals surface area (Å²) in [5.74, 6) is 1.87. The zero-order valence-corrected chi connectivity index (χ0v) is 14.7. The maximum absolute atomic E-state index is 12.4. The molecule has 0 aliphatic heterocycles. The van der Waals surface area contributed by atoms with Crippen LogP contribution in [0, 0.1) is 20.8 Å². The number of benzene rings is 1. The molecular formula is C17H15N5O2S. The van der Waals surface area contributed by atoms with Crippen LogP contribution in [0.2, 0.25) is 0 Å². The Morgan fingerprint density at radius 1 is 1.20 bits per heavy atom. The monoisotopic (exact) mass is 353 g/mol. The first-order valence-electron chi connectivity index (χ1n) is 7.69. The van der Waals surface area contributed by atoms with Crippen LogP contribution in [0.15, 0.2) is 34.7 Å². The summed E-state index contributed by atoms with van der Waals surface area (Å²) in [6.07, 6.45) is 0. The summed E-state index contributed by atoms with van der Waals surface area (Å²) in [5, 5.41) is 16.3. The Morgan fingerprint density at radius 2 is 2.04 bits per heavy atom. The van der Waals surface area contributed by atoms with E-state index in [0.717, 1.165) is 21.4 Å². The van der Waals surface area contributed by atoms with Crippen LogP contribution in [0.5, 0.6) is 0 Å². The first kappa shape index (κ1) is 15.5. The van der Waals surface area contributed by atoms with Crippen LogP contribution in [-0.2, 0) is 0 Å². The van der Waals surface area contributed by atoms with E-state index in [-0.39, 0.29) is 5.91 Å². The van der Waals surface area contributed by atoms with E-state index >= 15 is 0 Å². The van der Waals surface area contributed by atoms with E-state index in [1.165, 1.54) is 11.3 Å². The molecule has 0 saturated heterocycles. The van der Waals surface area contributed by atoms with Gasteiger partial charge in [0.25, 0.3) is 5.91 Å². The summed E-state index contributed by atoms with van der Waals surface area (Å²) in [5.41, 5.74) is 2.15. The quantitative estimate of drug-likeness (QED) is 0.608. The Bertz CT molecular complexity index is 1090. The third kappa shape index (κ3) is 2.80. The van der Waals surface area contributed by atoms with Gasteiger partial charge < -0.3 is 9.73 Å². The standard InChI is InChI=1S/C17H15N5O2S/c1-9-7-14(10(2)24-9)15(23)18-13-6-4-5-12(8-13)16-21-22-11(3)19-20-17(22)25-16/h4-8H,1-3H3,(H,18,23). The average molecular weight is 353 g/mol. The van der Waals surface area contributed by atoms with Gasteiger partial charge in [-0.25, -0.2) is 0 Å².